The molecular weight excluding hydrogens is 460 g/mol. The van der Waals surface area contributed by atoms with E-state index in [4.69, 9.17) is 4.98 Å². The number of nitrogens with one attached hydrogen (secondary N) is 2. The van der Waals surface area contributed by atoms with Crippen LogP contribution >= 0.6 is 0 Å². The normalized spacial score (nSPS) is 11.6. The highest BCUT2D eigenvalue weighted by molar-refractivity contribution is 7.92. The lowest BCUT2D eigenvalue weighted by molar-refractivity contribution is 0.607. The number of anilines is 1. The molecule has 2 aliphatic heterocycles. The fraction of sp³-hybridized carbons (Fsp3) is 0.111. The highest BCUT2D eigenvalue weighted by atomic mass is 32.2. The molecule has 2 N–H and O–H groups in total. The maximum Gasteiger partial charge on any atom is 0.278 e. The quantitative estimate of drug-likeness (QED) is 0.362. The van der Waals surface area contributed by atoms with Gasteiger partial charge in [0.1, 0.15) is 5.69 Å². The molecule has 0 fully saturated rings. The van der Waals surface area contributed by atoms with Crippen LogP contribution in [0.2, 0.25) is 0 Å². The second-order valence-corrected chi connectivity index (χ2v) is 10.2. The first-order valence-electron chi connectivity index (χ1n) is 11.1. The minimum absolute atomic E-state index is 0.193. The first kappa shape index (κ1) is 22.6. The zero-order valence-electron chi connectivity index (χ0n) is 19.1. The van der Waals surface area contributed by atoms with Gasteiger partial charge in [0.2, 0.25) is 10.0 Å². The molecule has 2 heterocycles. The topological polar surface area (TPSA) is 96.8 Å². The van der Waals surface area contributed by atoms with Gasteiger partial charge in [-0.05, 0) is 28.8 Å². The molecule has 35 heavy (non-hydrogen) atoms. The van der Waals surface area contributed by atoms with Crippen molar-refractivity contribution < 1.29 is 8.42 Å². The lowest BCUT2D eigenvalue weighted by Crippen LogP contribution is -2.18. The number of rotatable bonds is 7. The Morgan fingerprint density at radius 1 is 0.886 bits per heavy atom. The number of aromatic amines is 1. The Morgan fingerprint density at radius 3 is 2.29 bits per heavy atom. The summed E-state index contributed by atoms with van der Waals surface area (Å²) in [6.45, 7) is 0. The predicted molar refractivity (Wildman–Crippen MR) is 138 cm³/mol. The van der Waals surface area contributed by atoms with Gasteiger partial charge in [0, 0.05) is 24.7 Å². The van der Waals surface area contributed by atoms with Gasteiger partial charge in [0.25, 0.3) is 5.56 Å². The third-order valence-corrected chi connectivity index (χ3v) is 6.27. The Bertz CT molecular complexity index is 1610. The van der Waals surface area contributed by atoms with E-state index >= 15 is 0 Å². The van der Waals surface area contributed by atoms with Crippen LogP contribution < -0.4 is 10.3 Å². The van der Waals surface area contributed by atoms with E-state index in [2.05, 4.69) is 9.71 Å². The number of hydrogen-bond acceptors (Lipinski definition) is 4. The number of imidazole rings is 1. The van der Waals surface area contributed by atoms with E-state index in [1.165, 1.54) is 0 Å². The van der Waals surface area contributed by atoms with Crippen molar-refractivity contribution >= 4 is 15.7 Å². The van der Waals surface area contributed by atoms with E-state index in [0.29, 0.717) is 23.6 Å². The van der Waals surface area contributed by atoms with Gasteiger partial charge in [0.05, 0.1) is 17.6 Å². The van der Waals surface area contributed by atoms with Crippen LogP contribution in [0.5, 0.6) is 0 Å². The van der Waals surface area contributed by atoms with Crippen molar-refractivity contribution in [1.82, 2.24) is 14.5 Å². The molecule has 2 aliphatic rings. The van der Waals surface area contributed by atoms with Crippen molar-refractivity contribution in [3.8, 4) is 17.1 Å². The standard InChI is InChI=1S/C27H24N4O3S/c1-35(33,34)30-22-14-8-11-20(15-22)17-24-27(32)31-18-25(21-12-6-3-7-13-21)28-23(26(31)29-24)16-19-9-4-2-5-10-19/h2-15,18,28,30H,16-17H2,1H3. The summed E-state index contributed by atoms with van der Waals surface area (Å²) >= 11 is 0. The zero-order valence-corrected chi connectivity index (χ0v) is 19.9. The van der Waals surface area contributed by atoms with Crippen molar-refractivity contribution in [2.45, 2.75) is 12.8 Å². The number of sulfonamides is 1. The SMILES string of the molecule is CS(=O)(=O)Nc1cccc(Cc2nc3c(Cc4ccccc4)[nH]c(-c4ccccc4)cn-3c2=O)c1. The zero-order chi connectivity index (χ0) is 24.4. The molecule has 3 aromatic carbocycles. The van der Waals surface area contributed by atoms with Gasteiger partial charge in [-0.15, -0.1) is 0 Å². The molecule has 7 nitrogen and oxygen atoms in total. The maximum atomic E-state index is 13.4. The first-order chi connectivity index (χ1) is 16.9. The van der Waals surface area contributed by atoms with E-state index < -0.39 is 10.0 Å². The molecule has 3 aromatic rings. The molecule has 5 rings (SSSR count). The van der Waals surface area contributed by atoms with Crippen molar-refractivity contribution in [2.24, 2.45) is 0 Å². The minimum Gasteiger partial charge on any atom is -0.354 e. The Morgan fingerprint density at radius 2 is 1.57 bits per heavy atom. The fourth-order valence-corrected chi connectivity index (χ4v) is 4.69. The number of benzene rings is 3. The largest absolute Gasteiger partial charge is 0.354 e. The highest BCUT2D eigenvalue weighted by Crippen LogP contribution is 2.24. The van der Waals surface area contributed by atoms with Crippen LogP contribution in [-0.2, 0) is 22.9 Å². The van der Waals surface area contributed by atoms with Gasteiger partial charge in [0.15, 0.2) is 5.82 Å². The molecule has 176 valence electrons. The Kier molecular flexibility index (Phi) is 5.96. The Hall–Kier alpha value is -4.17. The van der Waals surface area contributed by atoms with Gasteiger partial charge < -0.3 is 4.98 Å². The number of hydrogen-bond donors (Lipinski definition) is 2. The Labute approximate surface area is 203 Å². The molecule has 0 bridgehead atoms. The summed E-state index contributed by atoms with van der Waals surface area (Å²) < 4.78 is 27.3. The van der Waals surface area contributed by atoms with Gasteiger partial charge in [-0.3, -0.25) is 14.1 Å². The van der Waals surface area contributed by atoms with Crippen LogP contribution in [0.1, 0.15) is 22.5 Å². The third kappa shape index (κ3) is 5.17. The van der Waals surface area contributed by atoms with Crippen molar-refractivity contribution in [3.05, 3.63) is 124 Å². The van der Waals surface area contributed by atoms with Crippen LogP contribution in [0.4, 0.5) is 5.69 Å². The summed E-state index contributed by atoms with van der Waals surface area (Å²) in [4.78, 5) is 21.6. The smallest absolute Gasteiger partial charge is 0.278 e. The van der Waals surface area contributed by atoms with E-state index in [9.17, 15) is 13.2 Å². The van der Waals surface area contributed by atoms with Crippen LogP contribution in [0, 0.1) is 0 Å². The van der Waals surface area contributed by atoms with Gasteiger partial charge in [-0.1, -0.05) is 72.8 Å². The molecule has 0 unspecified atom stereocenters. The second-order valence-electron chi connectivity index (χ2n) is 8.48. The average molecular weight is 485 g/mol. The number of aromatic nitrogens is 3. The van der Waals surface area contributed by atoms with Crippen LogP contribution in [0.25, 0.3) is 17.1 Å². The van der Waals surface area contributed by atoms with Crippen LogP contribution in [0.15, 0.2) is 95.9 Å². The number of H-pyrrole nitrogens is 1. The molecule has 0 radical (unpaired) electrons. The fourth-order valence-electron chi connectivity index (χ4n) is 4.13. The van der Waals surface area contributed by atoms with Gasteiger partial charge >= 0.3 is 0 Å². The monoisotopic (exact) mass is 484 g/mol. The van der Waals surface area contributed by atoms with E-state index in [1.807, 2.05) is 66.7 Å². The molecular formula is C27H24N4O3S. The third-order valence-electron chi connectivity index (χ3n) is 5.66. The molecule has 0 saturated carbocycles. The molecule has 8 heteroatoms. The molecule has 0 atom stereocenters. The lowest BCUT2D eigenvalue weighted by Gasteiger charge is -2.13. The molecule has 0 aromatic heterocycles. The molecule has 0 saturated heterocycles. The van der Waals surface area contributed by atoms with E-state index in [-0.39, 0.29) is 12.0 Å². The van der Waals surface area contributed by atoms with E-state index in [1.54, 1.807) is 29.0 Å². The summed E-state index contributed by atoms with van der Waals surface area (Å²) in [7, 11) is -3.40. The number of nitrogens with zero attached hydrogens (tertiary/aromatic N) is 2. The van der Waals surface area contributed by atoms with Crippen LogP contribution in [-0.4, -0.2) is 29.2 Å². The van der Waals surface area contributed by atoms with Crippen LogP contribution in [0.3, 0.4) is 0 Å². The second kappa shape index (κ2) is 9.23. The minimum atomic E-state index is -3.40. The van der Waals surface area contributed by atoms with Crippen molar-refractivity contribution in [3.63, 3.8) is 0 Å². The Balaban J connectivity index is 1.58. The summed E-state index contributed by atoms with van der Waals surface area (Å²) in [6, 6.07) is 26.9. The summed E-state index contributed by atoms with van der Waals surface area (Å²) in [5, 5.41) is 0. The van der Waals surface area contributed by atoms with Gasteiger partial charge in [-0.2, -0.15) is 0 Å². The lowest BCUT2D eigenvalue weighted by atomic mass is 10.1. The summed E-state index contributed by atoms with van der Waals surface area (Å²) in [5.74, 6) is 0.582. The van der Waals surface area contributed by atoms with Gasteiger partial charge in [-0.25, -0.2) is 13.4 Å². The maximum absolute atomic E-state index is 13.4. The molecule has 0 aliphatic carbocycles. The molecule has 0 spiro atoms. The summed E-state index contributed by atoms with van der Waals surface area (Å²) in [6.07, 6.45) is 3.77. The van der Waals surface area contributed by atoms with Crippen molar-refractivity contribution in [2.75, 3.05) is 11.0 Å². The summed E-state index contributed by atoms with van der Waals surface area (Å²) in [5.41, 5.74) is 5.18. The van der Waals surface area contributed by atoms with Crippen molar-refractivity contribution in [1.29, 1.82) is 0 Å². The number of fused-ring (bicyclic) bond motifs is 1. The average Bonchev–Trinajstić information content (AvgIpc) is 3.15. The first-order valence-corrected chi connectivity index (χ1v) is 13.0. The highest BCUT2D eigenvalue weighted by Gasteiger charge is 2.20. The predicted octanol–water partition coefficient (Wildman–Crippen LogP) is 4.22. The molecule has 0 amide bonds. The van der Waals surface area contributed by atoms with E-state index in [0.717, 1.165) is 34.3 Å².